The first-order valence-electron chi connectivity index (χ1n) is 5.86. The van der Waals surface area contributed by atoms with Gasteiger partial charge in [0.05, 0.1) is 0 Å². The number of thioether (sulfide) groups is 1. The van der Waals surface area contributed by atoms with Gasteiger partial charge in [0.1, 0.15) is 0 Å². The number of aromatic nitrogens is 2. The summed E-state index contributed by atoms with van der Waals surface area (Å²) in [5.74, 6) is 0.776. The molecule has 0 bridgehead atoms. The monoisotopic (exact) mass is 237 g/mol. The summed E-state index contributed by atoms with van der Waals surface area (Å²) in [7, 11) is 0. The first-order valence-corrected chi connectivity index (χ1v) is 7.14. The van der Waals surface area contributed by atoms with Gasteiger partial charge in [-0.1, -0.05) is 0 Å². The maximum atomic E-state index is 4.28. The van der Waals surface area contributed by atoms with Crippen molar-refractivity contribution < 1.29 is 0 Å². The SMILES string of the molecule is CSC1CCC(Nc2ncc(C)cn2)CC1. The molecule has 1 saturated carbocycles. The fourth-order valence-electron chi connectivity index (χ4n) is 2.09. The molecule has 1 N–H and O–H groups in total. The van der Waals surface area contributed by atoms with Crippen molar-refractivity contribution >= 4 is 17.7 Å². The molecule has 2 rings (SSSR count). The molecular weight excluding hydrogens is 218 g/mol. The lowest BCUT2D eigenvalue weighted by Gasteiger charge is -2.27. The number of aryl methyl sites for hydroxylation is 1. The molecule has 1 aliphatic rings. The van der Waals surface area contributed by atoms with Crippen LogP contribution in [-0.4, -0.2) is 27.5 Å². The molecule has 0 spiro atoms. The zero-order valence-corrected chi connectivity index (χ0v) is 10.8. The third kappa shape index (κ3) is 3.11. The smallest absolute Gasteiger partial charge is 0.222 e. The molecule has 0 amide bonds. The summed E-state index contributed by atoms with van der Waals surface area (Å²) in [5, 5.41) is 4.28. The van der Waals surface area contributed by atoms with Crippen molar-refractivity contribution in [2.24, 2.45) is 0 Å². The van der Waals surface area contributed by atoms with E-state index >= 15 is 0 Å². The maximum absolute atomic E-state index is 4.28. The molecule has 16 heavy (non-hydrogen) atoms. The molecule has 1 aliphatic carbocycles. The molecule has 4 heteroatoms. The molecule has 1 fully saturated rings. The summed E-state index contributed by atoms with van der Waals surface area (Å²) in [5.41, 5.74) is 1.11. The van der Waals surface area contributed by atoms with Crippen LogP contribution in [0.15, 0.2) is 12.4 Å². The topological polar surface area (TPSA) is 37.8 Å². The summed E-state index contributed by atoms with van der Waals surface area (Å²) >= 11 is 2.00. The van der Waals surface area contributed by atoms with Crippen LogP contribution in [0.1, 0.15) is 31.2 Å². The average Bonchev–Trinajstić information content (AvgIpc) is 2.33. The normalized spacial score (nSPS) is 25.4. The number of hydrogen-bond acceptors (Lipinski definition) is 4. The Morgan fingerprint density at radius 1 is 1.19 bits per heavy atom. The number of nitrogens with zero attached hydrogens (tertiary/aromatic N) is 2. The number of rotatable bonds is 3. The second-order valence-electron chi connectivity index (χ2n) is 4.44. The van der Waals surface area contributed by atoms with Crippen LogP contribution >= 0.6 is 11.8 Å². The molecule has 0 unspecified atom stereocenters. The highest BCUT2D eigenvalue weighted by molar-refractivity contribution is 7.99. The molecule has 88 valence electrons. The predicted molar refractivity (Wildman–Crippen MR) is 70.0 cm³/mol. The second kappa shape index (κ2) is 5.53. The summed E-state index contributed by atoms with van der Waals surface area (Å²) in [4.78, 5) is 8.57. The minimum Gasteiger partial charge on any atom is -0.351 e. The lowest BCUT2D eigenvalue weighted by molar-refractivity contribution is 0.471. The van der Waals surface area contributed by atoms with Crippen LogP contribution in [0.25, 0.3) is 0 Å². The van der Waals surface area contributed by atoms with Crippen LogP contribution in [-0.2, 0) is 0 Å². The van der Waals surface area contributed by atoms with Crippen LogP contribution in [0.3, 0.4) is 0 Å². The minimum absolute atomic E-state index is 0.561. The first kappa shape index (κ1) is 11.7. The van der Waals surface area contributed by atoms with E-state index in [1.165, 1.54) is 25.7 Å². The molecule has 0 radical (unpaired) electrons. The van der Waals surface area contributed by atoms with E-state index in [0.29, 0.717) is 6.04 Å². The fourth-order valence-corrected chi connectivity index (χ4v) is 2.84. The Bertz CT molecular complexity index is 318. The van der Waals surface area contributed by atoms with E-state index in [4.69, 9.17) is 0 Å². The van der Waals surface area contributed by atoms with Crippen LogP contribution in [0.5, 0.6) is 0 Å². The van der Waals surface area contributed by atoms with Gasteiger partial charge in [0, 0.05) is 23.7 Å². The second-order valence-corrected chi connectivity index (χ2v) is 5.58. The van der Waals surface area contributed by atoms with E-state index in [2.05, 4.69) is 21.5 Å². The van der Waals surface area contributed by atoms with Crippen LogP contribution in [0.2, 0.25) is 0 Å². The molecule has 0 atom stereocenters. The third-order valence-electron chi connectivity index (χ3n) is 3.12. The standard InChI is InChI=1S/C12H19N3S/c1-9-7-13-12(14-8-9)15-10-3-5-11(16-2)6-4-10/h7-8,10-11H,3-6H2,1-2H3,(H,13,14,15). The summed E-state index contributed by atoms with van der Waals surface area (Å²) in [6.45, 7) is 2.01. The van der Waals surface area contributed by atoms with E-state index in [0.717, 1.165) is 16.8 Å². The zero-order chi connectivity index (χ0) is 11.4. The van der Waals surface area contributed by atoms with Gasteiger partial charge in [-0.2, -0.15) is 11.8 Å². The van der Waals surface area contributed by atoms with E-state index in [-0.39, 0.29) is 0 Å². The Labute approximate surface area is 101 Å². The van der Waals surface area contributed by atoms with Crippen molar-refractivity contribution in [3.05, 3.63) is 18.0 Å². The lowest BCUT2D eigenvalue weighted by atomic mass is 9.95. The van der Waals surface area contributed by atoms with Gasteiger partial charge in [0.2, 0.25) is 5.95 Å². The Morgan fingerprint density at radius 3 is 2.38 bits per heavy atom. The van der Waals surface area contributed by atoms with E-state index in [1.54, 1.807) is 0 Å². The van der Waals surface area contributed by atoms with Crippen molar-refractivity contribution in [3.63, 3.8) is 0 Å². The maximum Gasteiger partial charge on any atom is 0.222 e. The molecule has 1 heterocycles. The Hall–Kier alpha value is -0.770. The van der Waals surface area contributed by atoms with Crippen LogP contribution in [0.4, 0.5) is 5.95 Å². The van der Waals surface area contributed by atoms with E-state index in [1.807, 2.05) is 31.1 Å². The summed E-state index contributed by atoms with van der Waals surface area (Å²) in [6.07, 6.45) is 11.0. The molecule has 0 saturated heterocycles. The van der Waals surface area contributed by atoms with Crippen LogP contribution in [0, 0.1) is 6.92 Å². The molecule has 1 aromatic rings. The predicted octanol–water partition coefficient (Wildman–Crippen LogP) is 2.87. The van der Waals surface area contributed by atoms with Gasteiger partial charge in [-0.15, -0.1) is 0 Å². The Balaban J connectivity index is 1.84. The van der Waals surface area contributed by atoms with Crippen molar-refractivity contribution in [1.29, 1.82) is 0 Å². The highest BCUT2D eigenvalue weighted by atomic mass is 32.2. The Kier molecular flexibility index (Phi) is 4.04. The molecular formula is C12H19N3S. The van der Waals surface area contributed by atoms with E-state index in [9.17, 15) is 0 Å². The van der Waals surface area contributed by atoms with Gasteiger partial charge < -0.3 is 5.32 Å². The number of nitrogens with one attached hydrogen (secondary N) is 1. The van der Waals surface area contributed by atoms with E-state index < -0.39 is 0 Å². The minimum atomic E-state index is 0.561. The van der Waals surface area contributed by atoms with Crippen LogP contribution < -0.4 is 5.32 Å². The van der Waals surface area contributed by atoms with Gasteiger partial charge in [0.25, 0.3) is 0 Å². The van der Waals surface area contributed by atoms with Gasteiger partial charge in [0.15, 0.2) is 0 Å². The number of hydrogen-bond donors (Lipinski definition) is 1. The lowest BCUT2D eigenvalue weighted by Crippen LogP contribution is -2.27. The van der Waals surface area contributed by atoms with Gasteiger partial charge >= 0.3 is 0 Å². The quantitative estimate of drug-likeness (QED) is 0.877. The summed E-state index contributed by atoms with van der Waals surface area (Å²) in [6, 6.07) is 0.561. The third-order valence-corrected chi connectivity index (χ3v) is 4.26. The van der Waals surface area contributed by atoms with Gasteiger partial charge in [-0.25, -0.2) is 9.97 Å². The number of anilines is 1. The average molecular weight is 237 g/mol. The van der Waals surface area contributed by atoms with Crippen molar-refractivity contribution in [3.8, 4) is 0 Å². The van der Waals surface area contributed by atoms with Crippen molar-refractivity contribution in [1.82, 2.24) is 9.97 Å². The van der Waals surface area contributed by atoms with Gasteiger partial charge in [-0.05, 0) is 44.4 Å². The Morgan fingerprint density at radius 2 is 1.81 bits per heavy atom. The highest BCUT2D eigenvalue weighted by Crippen LogP contribution is 2.27. The summed E-state index contributed by atoms with van der Waals surface area (Å²) < 4.78 is 0. The molecule has 1 aromatic heterocycles. The van der Waals surface area contributed by atoms with Crippen molar-refractivity contribution in [2.45, 2.75) is 43.9 Å². The largest absolute Gasteiger partial charge is 0.351 e. The highest BCUT2D eigenvalue weighted by Gasteiger charge is 2.20. The molecule has 0 aromatic carbocycles. The first-order chi connectivity index (χ1) is 7.78. The fraction of sp³-hybridized carbons (Fsp3) is 0.667. The molecule has 0 aliphatic heterocycles. The van der Waals surface area contributed by atoms with Crippen molar-refractivity contribution in [2.75, 3.05) is 11.6 Å². The van der Waals surface area contributed by atoms with Gasteiger partial charge in [-0.3, -0.25) is 0 Å². The zero-order valence-electron chi connectivity index (χ0n) is 9.94. The molecule has 3 nitrogen and oxygen atoms in total.